The van der Waals surface area contributed by atoms with Gasteiger partial charge >= 0.3 is 0 Å². The lowest BCUT2D eigenvalue weighted by Crippen LogP contribution is -2.32. The zero-order chi connectivity index (χ0) is 20.9. The predicted molar refractivity (Wildman–Crippen MR) is 111 cm³/mol. The second-order valence-electron chi connectivity index (χ2n) is 6.32. The molecule has 2 aromatic rings. The van der Waals surface area contributed by atoms with Gasteiger partial charge in [0.1, 0.15) is 0 Å². The lowest BCUT2D eigenvalue weighted by Gasteiger charge is -2.24. The summed E-state index contributed by atoms with van der Waals surface area (Å²) < 4.78 is 25.6. The number of nitrogens with one attached hydrogen (secondary N) is 1. The number of benzene rings is 2. The summed E-state index contributed by atoms with van der Waals surface area (Å²) in [6.07, 6.45) is 1.52. The highest BCUT2D eigenvalue weighted by molar-refractivity contribution is 7.92. The Morgan fingerprint density at radius 2 is 1.86 bits per heavy atom. The van der Waals surface area contributed by atoms with Crippen molar-refractivity contribution in [3.63, 3.8) is 0 Å². The number of rotatable bonds is 8. The number of primary amides is 1. The average Bonchev–Trinajstić information content (AvgIpc) is 2.61. The summed E-state index contributed by atoms with van der Waals surface area (Å²) in [5.41, 5.74) is 7.11. The van der Waals surface area contributed by atoms with Gasteiger partial charge in [0.2, 0.25) is 21.8 Å². The first-order valence-corrected chi connectivity index (χ1v) is 10.7. The Morgan fingerprint density at radius 3 is 2.50 bits per heavy atom. The summed E-state index contributed by atoms with van der Waals surface area (Å²) in [7, 11) is -3.54. The molecular formula is C19H22ClN3O4S. The highest BCUT2D eigenvalue weighted by atomic mass is 35.5. The van der Waals surface area contributed by atoms with E-state index in [9.17, 15) is 18.0 Å². The number of anilines is 2. The Hall–Kier alpha value is -2.58. The van der Waals surface area contributed by atoms with Gasteiger partial charge in [-0.3, -0.25) is 13.9 Å². The first kappa shape index (κ1) is 21.7. The van der Waals surface area contributed by atoms with Crippen molar-refractivity contribution < 1.29 is 18.0 Å². The van der Waals surface area contributed by atoms with E-state index in [-0.39, 0.29) is 24.4 Å². The van der Waals surface area contributed by atoms with Gasteiger partial charge in [-0.15, -0.1) is 0 Å². The second kappa shape index (κ2) is 9.07. The third-order valence-electron chi connectivity index (χ3n) is 4.10. The normalized spacial score (nSPS) is 11.1. The molecular weight excluding hydrogens is 402 g/mol. The lowest BCUT2D eigenvalue weighted by atomic mass is 10.2. The van der Waals surface area contributed by atoms with Gasteiger partial charge in [-0.1, -0.05) is 23.7 Å². The van der Waals surface area contributed by atoms with Crippen LogP contribution in [0.2, 0.25) is 5.02 Å². The lowest BCUT2D eigenvalue weighted by molar-refractivity contribution is -0.116. The first-order chi connectivity index (χ1) is 13.1. The van der Waals surface area contributed by atoms with Crippen LogP contribution in [-0.4, -0.2) is 33.0 Å². The quantitative estimate of drug-likeness (QED) is 0.680. The summed E-state index contributed by atoms with van der Waals surface area (Å²) in [6.45, 7) is 1.88. The average molecular weight is 424 g/mol. The molecule has 2 amide bonds. The van der Waals surface area contributed by atoms with Crippen molar-refractivity contribution in [1.82, 2.24) is 0 Å². The molecule has 0 unspecified atom stereocenters. The van der Waals surface area contributed by atoms with Gasteiger partial charge < -0.3 is 11.1 Å². The molecule has 0 radical (unpaired) electrons. The maximum atomic E-state index is 12.2. The largest absolute Gasteiger partial charge is 0.366 e. The number of hydrogen-bond acceptors (Lipinski definition) is 4. The van der Waals surface area contributed by atoms with Crippen LogP contribution < -0.4 is 15.4 Å². The van der Waals surface area contributed by atoms with Gasteiger partial charge in [-0.05, 0) is 49.2 Å². The van der Waals surface area contributed by atoms with Gasteiger partial charge in [0, 0.05) is 29.2 Å². The number of nitrogens with two attached hydrogens (primary N) is 1. The van der Waals surface area contributed by atoms with E-state index in [1.165, 1.54) is 10.4 Å². The van der Waals surface area contributed by atoms with Crippen LogP contribution in [0, 0.1) is 6.92 Å². The number of carbonyl (C=O) groups is 2. The molecule has 9 heteroatoms. The molecule has 0 fully saturated rings. The molecule has 3 N–H and O–H groups in total. The predicted octanol–water partition coefficient (Wildman–Crippen LogP) is 2.93. The molecule has 0 aliphatic heterocycles. The Morgan fingerprint density at radius 1 is 1.18 bits per heavy atom. The van der Waals surface area contributed by atoms with Crippen LogP contribution in [0.3, 0.4) is 0 Å². The number of hydrogen-bond donors (Lipinski definition) is 2. The van der Waals surface area contributed by atoms with Crippen molar-refractivity contribution in [1.29, 1.82) is 0 Å². The van der Waals surface area contributed by atoms with Crippen molar-refractivity contribution in [2.45, 2.75) is 19.8 Å². The molecule has 28 heavy (non-hydrogen) atoms. The van der Waals surface area contributed by atoms with Crippen molar-refractivity contribution >= 4 is 44.8 Å². The van der Waals surface area contributed by atoms with Gasteiger partial charge in [0.25, 0.3) is 0 Å². The van der Waals surface area contributed by atoms with Crippen LogP contribution in [0.4, 0.5) is 11.4 Å². The van der Waals surface area contributed by atoms with Crippen molar-refractivity contribution in [2.75, 3.05) is 22.4 Å². The summed E-state index contributed by atoms with van der Waals surface area (Å²) in [5.74, 6) is -0.880. The third-order valence-corrected chi connectivity index (χ3v) is 5.69. The van der Waals surface area contributed by atoms with E-state index in [4.69, 9.17) is 17.3 Å². The Kier molecular flexibility index (Phi) is 7.04. The standard InChI is InChI=1S/C19H22ClN3O4S/c1-13-16(20)8-4-9-17(13)23(28(2,26)27)11-5-10-18(24)22-15-7-3-6-14(12-15)19(21)25/h3-4,6-9,12H,5,10-11H2,1-2H3,(H2,21,25)(H,22,24). The maximum Gasteiger partial charge on any atom is 0.248 e. The molecule has 2 aromatic carbocycles. The van der Waals surface area contributed by atoms with E-state index >= 15 is 0 Å². The molecule has 0 saturated heterocycles. The van der Waals surface area contributed by atoms with E-state index in [0.717, 1.165) is 6.26 Å². The van der Waals surface area contributed by atoms with Gasteiger partial charge in [0.15, 0.2) is 0 Å². The Bertz CT molecular complexity index is 992. The van der Waals surface area contributed by atoms with Gasteiger partial charge in [-0.2, -0.15) is 0 Å². The van der Waals surface area contributed by atoms with Crippen LogP contribution in [0.1, 0.15) is 28.8 Å². The van der Waals surface area contributed by atoms with Crippen molar-refractivity contribution in [3.8, 4) is 0 Å². The molecule has 0 atom stereocenters. The molecule has 150 valence electrons. The zero-order valence-electron chi connectivity index (χ0n) is 15.6. The van der Waals surface area contributed by atoms with E-state index in [1.54, 1.807) is 43.3 Å². The van der Waals surface area contributed by atoms with Crippen LogP contribution in [0.25, 0.3) is 0 Å². The number of carbonyl (C=O) groups excluding carboxylic acids is 2. The molecule has 0 aromatic heterocycles. The number of halogens is 1. The Balaban J connectivity index is 2.03. The zero-order valence-corrected chi connectivity index (χ0v) is 17.2. The fraction of sp³-hybridized carbons (Fsp3) is 0.263. The molecule has 2 rings (SSSR count). The van der Waals surface area contributed by atoms with Crippen LogP contribution in [0.15, 0.2) is 42.5 Å². The number of nitrogens with zero attached hydrogens (tertiary/aromatic N) is 1. The summed E-state index contributed by atoms with van der Waals surface area (Å²) >= 11 is 6.10. The maximum absolute atomic E-state index is 12.2. The minimum atomic E-state index is -3.54. The van der Waals surface area contributed by atoms with E-state index in [1.807, 2.05) is 0 Å². The van der Waals surface area contributed by atoms with E-state index in [0.29, 0.717) is 28.4 Å². The van der Waals surface area contributed by atoms with Crippen molar-refractivity contribution in [3.05, 3.63) is 58.6 Å². The Labute approximate surface area is 169 Å². The topological polar surface area (TPSA) is 110 Å². The van der Waals surface area contributed by atoms with Crippen LogP contribution >= 0.6 is 11.6 Å². The van der Waals surface area contributed by atoms with Crippen LogP contribution in [0.5, 0.6) is 0 Å². The smallest absolute Gasteiger partial charge is 0.248 e. The number of sulfonamides is 1. The van der Waals surface area contributed by atoms with Gasteiger partial charge in [0.05, 0.1) is 11.9 Å². The van der Waals surface area contributed by atoms with E-state index in [2.05, 4.69) is 5.32 Å². The highest BCUT2D eigenvalue weighted by Gasteiger charge is 2.20. The first-order valence-electron chi connectivity index (χ1n) is 8.52. The molecule has 0 spiro atoms. The fourth-order valence-corrected chi connectivity index (χ4v) is 3.87. The second-order valence-corrected chi connectivity index (χ2v) is 8.63. The molecule has 7 nitrogen and oxygen atoms in total. The van der Waals surface area contributed by atoms with Gasteiger partial charge in [-0.25, -0.2) is 8.42 Å². The minimum absolute atomic E-state index is 0.104. The summed E-state index contributed by atoms with van der Waals surface area (Å²) in [5, 5.41) is 3.14. The SMILES string of the molecule is Cc1c(Cl)cccc1N(CCCC(=O)Nc1cccc(C(N)=O)c1)S(C)(=O)=O. The molecule has 0 saturated carbocycles. The molecule has 0 aliphatic carbocycles. The summed E-state index contributed by atoms with van der Waals surface area (Å²) in [6, 6.07) is 11.3. The number of amides is 2. The molecule has 0 heterocycles. The third kappa shape index (κ3) is 5.71. The van der Waals surface area contributed by atoms with Crippen LogP contribution in [-0.2, 0) is 14.8 Å². The minimum Gasteiger partial charge on any atom is -0.366 e. The summed E-state index contributed by atoms with van der Waals surface area (Å²) in [4.78, 5) is 23.4. The molecule has 0 bridgehead atoms. The highest BCUT2D eigenvalue weighted by Crippen LogP contribution is 2.28. The van der Waals surface area contributed by atoms with E-state index < -0.39 is 15.9 Å². The fourth-order valence-electron chi connectivity index (χ4n) is 2.69. The van der Waals surface area contributed by atoms with Crippen molar-refractivity contribution in [2.24, 2.45) is 5.73 Å². The molecule has 0 aliphatic rings. The monoisotopic (exact) mass is 423 g/mol.